The van der Waals surface area contributed by atoms with Crippen molar-refractivity contribution >= 4 is 39.2 Å². The number of carbonyl (C=O) groups is 2. The number of hydrogen-bond acceptors (Lipinski definition) is 5. The number of carbonyl (C=O) groups excluding carboxylic acids is 2. The van der Waals surface area contributed by atoms with Gasteiger partial charge in [0.1, 0.15) is 5.75 Å². The van der Waals surface area contributed by atoms with Gasteiger partial charge in [0.2, 0.25) is 5.91 Å². The van der Waals surface area contributed by atoms with Crippen LogP contribution in [0.25, 0.3) is 10.9 Å². The molecule has 0 saturated carbocycles. The second-order valence-electron chi connectivity index (χ2n) is 5.45. The molecule has 130 valence electrons. The molecule has 0 aliphatic rings. The van der Waals surface area contributed by atoms with Gasteiger partial charge in [-0.2, -0.15) is 0 Å². The van der Waals surface area contributed by atoms with Crippen molar-refractivity contribution in [3.8, 4) is 5.75 Å². The fourth-order valence-corrected chi connectivity index (χ4v) is 3.12. The van der Waals surface area contributed by atoms with Crippen molar-refractivity contribution in [2.75, 3.05) is 19.0 Å². The van der Waals surface area contributed by atoms with E-state index < -0.39 is 0 Å². The van der Waals surface area contributed by atoms with Gasteiger partial charge >= 0.3 is 0 Å². The summed E-state index contributed by atoms with van der Waals surface area (Å²) in [5.41, 5.74) is 1.66. The third-order valence-corrected chi connectivity index (χ3v) is 4.47. The molecule has 2 aromatic heterocycles. The molecule has 7 nitrogen and oxygen atoms in total. The topological polar surface area (TPSA) is 85.3 Å². The van der Waals surface area contributed by atoms with Crippen molar-refractivity contribution in [3.63, 3.8) is 0 Å². The summed E-state index contributed by atoms with van der Waals surface area (Å²) in [7, 11) is 3.53. The fourth-order valence-electron chi connectivity index (χ4n) is 2.40. The molecule has 8 heteroatoms. The molecule has 2 amide bonds. The molecular weight excluding hydrogens is 340 g/mol. The third-order valence-electron chi connectivity index (χ3n) is 3.67. The summed E-state index contributed by atoms with van der Waals surface area (Å²) in [5.74, 6) is 0.240. The number of anilines is 1. The zero-order valence-corrected chi connectivity index (χ0v) is 14.7. The van der Waals surface area contributed by atoms with Crippen molar-refractivity contribution < 1.29 is 14.3 Å². The van der Waals surface area contributed by atoms with E-state index in [9.17, 15) is 9.59 Å². The monoisotopic (exact) mass is 358 g/mol. The summed E-state index contributed by atoms with van der Waals surface area (Å²) in [6.45, 7) is -0.113. The number of aryl methyl sites for hydroxylation is 1. The molecule has 0 unspecified atom stereocenters. The highest BCUT2D eigenvalue weighted by molar-refractivity contribution is 7.13. The maximum atomic E-state index is 12.1. The van der Waals surface area contributed by atoms with Gasteiger partial charge in [0, 0.05) is 31.1 Å². The minimum Gasteiger partial charge on any atom is -0.483 e. The van der Waals surface area contributed by atoms with Crippen LogP contribution in [0.4, 0.5) is 5.13 Å². The second-order valence-corrected chi connectivity index (χ2v) is 6.30. The molecule has 0 aliphatic heterocycles. The zero-order valence-electron chi connectivity index (χ0n) is 13.9. The number of rotatable bonds is 6. The van der Waals surface area contributed by atoms with E-state index in [1.165, 1.54) is 11.3 Å². The summed E-state index contributed by atoms with van der Waals surface area (Å²) < 4.78 is 7.63. The lowest BCUT2D eigenvalue weighted by atomic mass is 10.2. The normalized spacial score (nSPS) is 10.6. The van der Waals surface area contributed by atoms with Gasteiger partial charge < -0.3 is 14.6 Å². The number of aromatic nitrogens is 2. The van der Waals surface area contributed by atoms with Gasteiger partial charge in [-0.3, -0.25) is 14.9 Å². The molecule has 2 N–H and O–H groups in total. The van der Waals surface area contributed by atoms with Crippen molar-refractivity contribution in [3.05, 3.63) is 41.5 Å². The average Bonchev–Trinajstić information content (AvgIpc) is 3.20. The minimum absolute atomic E-state index is 0.113. The summed E-state index contributed by atoms with van der Waals surface area (Å²) in [6.07, 6.45) is 2.14. The number of hydrogen-bond donors (Lipinski definition) is 2. The highest BCUT2D eigenvalue weighted by Crippen LogP contribution is 2.26. The quantitative estimate of drug-likeness (QED) is 0.705. The molecule has 0 saturated heterocycles. The van der Waals surface area contributed by atoms with E-state index in [1.807, 2.05) is 42.1 Å². The van der Waals surface area contributed by atoms with Crippen LogP contribution in [0.15, 0.2) is 35.8 Å². The van der Waals surface area contributed by atoms with Crippen LogP contribution in [0, 0.1) is 0 Å². The van der Waals surface area contributed by atoms with E-state index in [2.05, 4.69) is 15.6 Å². The largest absolute Gasteiger partial charge is 0.483 e. The predicted molar refractivity (Wildman–Crippen MR) is 96.9 cm³/mol. The van der Waals surface area contributed by atoms with E-state index in [0.29, 0.717) is 16.6 Å². The Bertz CT molecular complexity index is 916. The highest BCUT2D eigenvalue weighted by atomic mass is 32.1. The van der Waals surface area contributed by atoms with Gasteiger partial charge in [-0.05, 0) is 18.2 Å². The Kier molecular flexibility index (Phi) is 4.99. The van der Waals surface area contributed by atoms with E-state index in [0.717, 1.165) is 10.9 Å². The summed E-state index contributed by atoms with van der Waals surface area (Å²) in [5, 5.41) is 8.37. The van der Waals surface area contributed by atoms with Gasteiger partial charge in [0.25, 0.3) is 5.91 Å². The Labute approximate surface area is 148 Å². The molecule has 1 aromatic carbocycles. The average molecular weight is 358 g/mol. The summed E-state index contributed by atoms with van der Waals surface area (Å²) >= 11 is 1.28. The van der Waals surface area contributed by atoms with Gasteiger partial charge in [-0.15, -0.1) is 11.3 Å². The van der Waals surface area contributed by atoms with Gasteiger partial charge in [0.15, 0.2) is 11.7 Å². The number of fused-ring (bicyclic) bond motifs is 1. The first-order valence-corrected chi connectivity index (χ1v) is 8.56. The number of nitrogens with one attached hydrogen (secondary N) is 2. The van der Waals surface area contributed by atoms with Crippen LogP contribution >= 0.6 is 11.3 Å². The van der Waals surface area contributed by atoms with E-state index >= 15 is 0 Å². The van der Waals surface area contributed by atoms with Crippen LogP contribution in [0.1, 0.15) is 5.69 Å². The van der Waals surface area contributed by atoms with Gasteiger partial charge in [0.05, 0.1) is 17.6 Å². The number of thiazole rings is 1. The maximum absolute atomic E-state index is 12.1. The number of benzene rings is 1. The number of ether oxygens (including phenoxy) is 1. The first-order valence-electron chi connectivity index (χ1n) is 7.68. The molecule has 3 rings (SSSR count). The molecule has 25 heavy (non-hydrogen) atoms. The summed E-state index contributed by atoms with van der Waals surface area (Å²) in [4.78, 5) is 27.6. The number of nitrogens with zero attached hydrogens (tertiary/aromatic N) is 2. The van der Waals surface area contributed by atoms with E-state index in [4.69, 9.17) is 4.74 Å². The Hall–Kier alpha value is -2.87. The van der Waals surface area contributed by atoms with E-state index in [1.54, 1.807) is 12.4 Å². The van der Waals surface area contributed by atoms with E-state index in [-0.39, 0.29) is 24.8 Å². The lowest BCUT2D eigenvalue weighted by Crippen LogP contribution is -2.21. The first kappa shape index (κ1) is 17.0. The van der Waals surface area contributed by atoms with Crippen molar-refractivity contribution in [1.29, 1.82) is 0 Å². The molecular formula is C17H18N4O3S. The van der Waals surface area contributed by atoms with Crippen LogP contribution in [0.3, 0.4) is 0 Å². The van der Waals surface area contributed by atoms with Gasteiger partial charge in [-0.25, -0.2) is 4.98 Å². The SMILES string of the molecule is CNC(=O)Cc1csc(NC(=O)COc2cccc3c2ccn3C)n1. The maximum Gasteiger partial charge on any atom is 0.264 e. The Morgan fingerprint density at radius 3 is 2.92 bits per heavy atom. The van der Waals surface area contributed by atoms with Crippen molar-refractivity contribution in [2.24, 2.45) is 7.05 Å². The van der Waals surface area contributed by atoms with Crippen molar-refractivity contribution in [2.45, 2.75) is 6.42 Å². The van der Waals surface area contributed by atoms with Crippen LogP contribution in [0.5, 0.6) is 5.75 Å². The second kappa shape index (κ2) is 7.35. The lowest BCUT2D eigenvalue weighted by molar-refractivity contribution is -0.120. The van der Waals surface area contributed by atoms with Crippen LogP contribution < -0.4 is 15.4 Å². The van der Waals surface area contributed by atoms with Gasteiger partial charge in [-0.1, -0.05) is 6.07 Å². The standard InChI is InChI=1S/C17H18N4O3S/c1-18-15(22)8-11-10-25-17(19-11)20-16(23)9-24-14-5-3-4-13-12(14)6-7-21(13)2/h3-7,10H,8-9H2,1-2H3,(H,18,22)(H,19,20,23). The van der Waals surface area contributed by atoms with Crippen LogP contribution in [-0.4, -0.2) is 35.0 Å². The fraction of sp³-hybridized carbons (Fsp3) is 0.235. The predicted octanol–water partition coefficient (Wildman–Crippen LogP) is 1.94. The molecule has 0 spiro atoms. The Morgan fingerprint density at radius 1 is 1.28 bits per heavy atom. The number of amides is 2. The molecule has 0 atom stereocenters. The molecule has 0 aliphatic carbocycles. The molecule has 0 bridgehead atoms. The first-order chi connectivity index (χ1) is 12.1. The van der Waals surface area contributed by atoms with Crippen LogP contribution in [0.2, 0.25) is 0 Å². The molecule has 2 heterocycles. The minimum atomic E-state index is -0.297. The highest BCUT2D eigenvalue weighted by Gasteiger charge is 2.11. The molecule has 0 radical (unpaired) electrons. The summed E-state index contributed by atoms with van der Waals surface area (Å²) in [6, 6.07) is 7.67. The Morgan fingerprint density at radius 2 is 2.12 bits per heavy atom. The van der Waals surface area contributed by atoms with Crippen LogP contribution in [-0.2, 0) is 23.1 Å². The Balaban J connectivity index is 1.58. The lowest BCUT2D eigenvalue weighted by Gasteiger charge is -2.07. The molecule has 3 aromatic rings. The number of likely N-dealkylation sites (N-methyl/N-ethyl adjacent to an activating group) is 1. The molecule has 0 fully saturated rings. The third kappa shape index (κ3) is 3.97. The smallest absolute Gasteiger partial charge is 0.264 e. The van der Waals surface area contributed by atoms with Crippen molar-refractivity contribution in [1.82, 2.24) is 14.9 Å². The zero-order chi connectivity index (χ0) is 17.8.